The van der Waals surface area contributed by atoms with Gasteiger partial charge in [-0.1, -0.05) is 17.7 Å². The smallest absolute Gasteiger partial charge is 0.237 e. The Morgan fingerprint density at radius 1 is 1.11 bits per heavy atom. The van der Waals surface area contributed by atoms with Crippen LogP contribution in [0.2, 0.25) is 0 Å². The Hall–Kier alpha value is -3.07. The van der Waals surface area contributed by atoms with Crippen molar-refractivity contribution in [1.82, 2.24) is 18.7 Å². The maximum absolute atomic E-state index is 13.3. The first kappa shape index (κ1) is 17.3. The van der Waals surface area contributed by atoms with Crippen molar-refractivity contribution in [3.63, 3.8) is 0 Å². The summed E-state index contributed by atoms with van der Waals surface area (Å²) in [4.78, 5) is 4.27. The van der Waals surface area contributed by atoms with Gasteiger partial charge < -0.3 is 0 Å². The SMILES string of the molecule is Cc1ccc(S(=O)(=O)n2c(-c3cnn(C(F)F)c3)cc3cccnc32)cc1. The lowest BCUT2D eigenvalue weighted by Crippen LogP contribution is -2.14. The number of fused-ring (bicyclic) bond motifs is 1. The number of aryl methyl sites for hydroxylation is 1. The molecule has 0 atom stereocenters. The zero-order valence-corrected chi connectivity index (χ0v) is 14.9. The molecule has 0 N–H and O–H groups in total. The number of hydrogen-bond acceptors (Lipinski definition) is 4. The molecule has 0 fully saturated rings. The Morgan fingerprint density at radius 3 is 2.52 bits per heavy atom. The van der Waals surface area contributed by atoms with E-state index < -0.39 is 16.6 Å². The molecule has 0 aliphatic rings. The summed E-state index contributed by atoms with van der Waals surface area (Å²) in [7, 11) is -4.00. The van der Waals surface area contributed by atoms with E-state index in [0.29, 0.717) is 10.1 Å². The van der Waals surface area contributed by atoms with Crippen molar-refractivity contribution in [3.05, 3.63) is 66.6 Å². The van der Waals surface area contributed by atoms with Crippen LogP contribution in [0.15, 0.2) is 66.0 Å². The molecule has 4 rings (SSSR count). The largest absolute Gasteiger partial charge is 0.333 e. The number of aromatic nitrogens is 4. The summed E-state index contributed by atoms with van der Waals surface area (Å²) >= 11 is 0. The standard InChI is InChI=1S/C18H14F2N4O2S/c1-12-4-6-15(7-5-12)27(25,26)24-16(9-13-3-2-8-21-17(13)24)14-10-22-23(11-14)18(19)20/h2-11,18H,1H3. The van der Waals surface area contributed by atoms with E-state index >= 15 is 0 Å². The third-order valence-electron chi connectivity index (χ3n) is 4.18. The highest BCUT2D eigenvalue weighted by Gasteiger charge is 2.25. The minimum atomic E-state index is -4.00. The van der Waals surface area contributed by atoms with Crippen molar-refractivity contribution in [2.24, 2.45) is 0 Å². The number of alkyl halides is 2. The lowest BCUT2D eigenvalue weighted by atomic mass is 10.2. The van der Waals surface area contributed by atoms with Gasteiger partial charge in [0.05, 0.1) is 16.8 Å². The molecule has 0 unspecified atom stereocenters. The Balaban J connectivity index is 1.99. The third kappa shape index (κ3) is 2.89. The molecule has 6 nitrogen and oxygen atoms in total. The van der Waals surface area contributed by atoms with E-state index in [-0.39, 0.29) is 21.8 Å². The Morgan fingerprint density at radius 2 is 1.85 bits per heavy atom. The fourth-order valence-electron chi connectivity index (χ4n) is 2.85. The van der Waals surface area contributed by atoms with Crippen LogP contribution in [-0.4, -0.2) is 27.2 Å². The summed E-state index contributed by atoms with van der Waals surface area (Å²) in [6.07, 6.45) is 3.80. The molecule has 3 aromatic heterocycles. The molecule has 0 spiro atoms. The number of nitrogens with zero attached hydrogens (tertiary/aromatic N) is 4. The van der Waals surface area contributed by atoms with Crippen LogP contribution < -0.4 is 0 Å². The van der Waals surface area contributed by atoms with Gasteiger partial charge in [0.1, 0.15) is 0 Å². The van der Waals surface area contributed by atoms with Crippen LogP contribution in [0.3, 0.4) is 0 Å². The molecule has 0 aliphatic carbocycles. The van der Waals surface area contributed by atoms with Crippen LogP contribution in [0.4, 0.5) is 8.78 Å². The molecule has 138 valence electrons. The van der Waals surface area contributed by atoms with Gasteiger partial charge in [0, 0.05) is 23.3 Å². The highest BCUT2D eigenvalue weighted by atomic mass is 32.2. The highest BCUT2D eigenvalue weighted by Crippen LogP contribution is 2.31. The first-order valence-corrected chi connectivity index (χ1v) is 9.43. The van der Waals surface area contributed by atoms with Gasteiger partial charge in [-0.3, -0.25) is 0 Å². The molecule has 4 aromatic rings. The zero-order valence-electron chi connectivity index (χ0n) is 14.1. The zero-order chi connectivity index (χ0) is 19.2. The first-order chi connectivity index (χ1) is 12.9. The summed E-state index contributed by atoms with van der Waals surface area (Å²) in [5.74, 6) is 0. The quantitative estimate of drug-likeness (QED) is 0.533. The van der Waals surface area contributed by atoms with E-state index in [1.165, 1.54) is 24.5 Å². The molecule has 9 heteroatoms. The highest BCUT2D eigenvalue weighted by molar-refractivity contribution is 7.90. The Kier molecular flexibility index (Phi) is 4.03. The topological polar surface area (TPSA) is 69.8 Å². The number of hydrogen-bond donors (Lipinski definition) is 0. The summed E-state index contributed by atoms with van der Waals surface area (Å²) in [6, 6.07) is 11.4. The van der Waals surface area contributed by atoms with E-state index in [9.17, 15) is 17.2 Å². The average molecular weight is 388 g/mol. The van der Waals surface area contributed by atoms with Crippen molar-refractivity contribution in [2.45, 2.75) is 18.4 Å². The maximum atomic E-state index is 13.3. The van der Waals surface area contributed by atoms with Gasteiger partial charge in [-0.05, 0) is 37.3 Å². The van der Waals surface area contributed by atoms with E-state index in [0.717, 1.165) is 15.7 Å². The Bertz CT molecular complexity index is 1230. The summed E-state index contributed by atoms with van der Waals surface area (Å²) < 4.78 is 54.0. The number of rotatable bonds is 4. The number of halogens is 2. The lowest BCUT2D eigenvalue weighted by Gasteiger charge is -2.11. The van der Waals surface area contributed by atoms with E-state index in [1.54, 1.807) is 30.3 Å². The second kappa shape index (κ2) is 6.27. The lowest BCUT2D eigenvalue weighted by molar-refractivity contribution is 0.0566. The summed E-state index contributed by atoms with van der Waals surface area (Å²) in [5, 5.41) is 4.18. The van der Waals surface area contributed by atoms with Gasteiger partial charge >= 0.3 is 6.55 Å². The second-order valence-corrected chi connectivity index (χ2v) is 7.80. The molecule has 1 aromatic carbocycles. The average Bonchev–Trinajstić information content (AvgIpc) is 3.27. The normalized spacial score (nSPS) is 12.1. The molecule has 0 amide bonds. The van der Waals surface area contributed by atoms with E-state index in [1.807, 2.05) is 6.92 Å². The molecule has 0 saturated heterocycles. The molecule has 27 heavy (non-hydrogen) atoms. The molecular weight excluding hydrogens is 374 g/mol. The molecule has 0 saturated carbocycles. The van der Waals surface area contributed by atoms with Crippen LogP contribution >= 0.6 is 0 Å². The molecular formula is C18H14F2N4O2S. The van der Waals surface area contributed by atoms with Crippen molar-refractivity contribution < 1.29 is 17.2 Å². The van der Waals surface area contributed by atoms with Crippen molar-refractivity contribution in [1.29, 1.82) is 0 Å². The minimum Gasteiger partial charge on any atom is -0.237 e. The maximum Gasteiger partial charge on any atom is 0.333 e. The fraction of sp³-hybridized carbons (Fsp3) is 0.111. The van der Waals surface area contributed by atoms with Crippen molar-refractivity contribution in [3.8, 4) is 11.3 Å². The van der Waals surface area contributed by atoms with Gasteiger partial charge in [-0.15, -0.1) is 0 Å². The minimum absolute atomic E-state index is 0.0822. The van der Waals surface area contributed by atoms with E-state index in [4.69, 9.17) is 0 Å². The van der Waals surface area contributed by atoms with Gasteiger partial charge in [-0.25, -0.2) is 22.1 Å². The fourth-order valence-corrected chi connectivity index (χ4v) is 4.34. The number of benzene rings is 1. The summed E-state index contributed by atoms with van der Waals surface area (Å²) in [6.45, 7) is -0.962. The van der Waals surface area contributed by atoms with Crippen molar-refractivity contribution >= 4 is 21.1 Å². The van der Waals surface area contributed by atoms with Gasteiger partial charge in [0.15, 0.2) is 5.65 Å². The van der Waals surface area contributed by atoms with E-state index in [2.05, 4.69) is 10.1 Å². The van der Waals surface area contributed by atoms with Crippen LogP contribution in [0.5, 0.6) is 0 Å². The molecule has 0 bridgehead atoms. The number of pyridine rings is 1. The van der Waals surface area contributed by atoms with Gasteiger partial charge in [0.25, 0.3) is 10.0 Å². The predicted molar refractivity (Wildman–Crippen MR) is 96.0 cm³/mol. The van der Waals surface area contributed by atoms with Gasteiger partial charge in [0.2, 0.25) is 0 Å². The monoisotopic (exact) mass is 388 g/mol. The van der Waals surface area contributed by atoms with Crippen molar-refractivity contribution in [2.75, 3.05) is 0 Å². The second-order valence-electron chi connectivity index (χ2n) is 6.01. The van der Waals surface area contributed by atoms with Crippen LogP contribution in [-0.2, 0) is 10.0 Å². The molecule has 0 radical (unpaired) electrons. The predicted octanol–water partition coefficient (Wildman–Crippen LogP) is 3.84. The van der Waals surface area contributed by atoms with Crippen LogP contribution in [0.25, 0.3) is 22.3 Å². The first-order valence-electron chi connectivity index (χ1n) is 7.99. The third-order valence-corrected chi connectivity index (χ3v) is 5.89. The molecule has 3 heterocycles. The van der Waals surface area contributed by atoms with Crippen LogP contribution in [0, 0.1) is 6.92 Å². The summed E-state index contributed by atoms with van der Waals surface area (Å²) in [5.41, 5.74) is 1.61. The molecule has 0 aliphatic heterocycles. The van der Waals surface area contributed by atoms with Crippen LogP contribution in [0.1, 0.15) is 12.1 Å². The Labute approximate surface area is 153 Å². The van der Waals surface area contributed by atoms with Gasteiger partial charge in [-0.2, -0.15) is 13.9 Å².